The fourth-order valence-electron chi connectivity index (χ4n) is 1.65. The molecule has 18 heavy (non-hydrogen) atoms. The highest BCUT2D eigenvalue weighted by molar-refractivity contribution is 7.07. The molecule has 1 aromatic rings. The van der Waals surface area contributed by atoms with Crippen molar-refractivity contribution < 1.29 is 9.53 Å². The van der Waals surface area contributed by atoms with Crippen LogP contribution in [0.2, 0.25) is 0 Å². The lowest BCUT2D eigenvalue weighted by atomic mass is 9.92. The molecule has 1 heterocycles. The minimum atomic E-state index is -0.244. The van der Waals surface area contributed by atoms with Crippen LogP contribution in [0.15, 0.2) is 16.8 Å². The number of ether oxygens (including phenoxy) is 1. The lowest BCUT2D eigenvalue weighted by Crippen LogP contribution is -2.40. The fraction of sp³-hybridized carbons (Fsp3) is 0.643. The van der Waals surface area contributed by atoms with E-state index < -0.39 is 0 Å². The van der Waals surface area contributed by atoms with Gasteiger partial charge in [0, 0.05) is 0 Å². The monoisotopic (exact) mass is 269 g/mol. The van der Waals surface area contributed by atoms with Crippen LogP contribution in [0.3, 0.4) is 0 Å². The SMILES string of the molecule is COC(=O)C(Cc1ccsc1)NCCC(C)(C)C. The molecule has 1 N–H and O–H groups in total. The largest absolute Gasteiger partial charge is 0.468 e. The first kappa shape index (κ1) is 15.2. The predicted molar refractivity (Wildman–Crippen MR) is 75.9 cm³/mol. The number of nitrogens with one attached hydrogen (secondary N) is 1. The Bertz CT molecular complexity index is 354. The van der Waals surface area contributed by atoms with Crippen LogP contribution in [0, 0.1) is 5.41 Å². The molecule has 0 saturated carbocycles. The minimum absolute atomic E-state index is 0.185. The minimum Gasteiger partial charge on any atom is -0.468 e. The Hall–Kier alpha value is -0.870. The van der Waals surface area contributed by atoms with Gasteiger partial charge in [0.1, 0.15) is 6.04 Å². The summed E-state index contributed by atoms with van der Waals surface area (Å²) in [7, 11) is 1.44. The number of carbonyl (C=O) groups excluding carboxylic acids is 1. The Morgan fingerprint density at radius 2 is 2.22 bits per heavy atom. The molecule has 1 aromatic heterocycles. The van der Waals surface area contributed by atoms with Crippen molar-refractivity contribution in [2.24, 2.45) is 5.41 Å². The Kier molecular flexibility index (Phi) is 5.82. The molecule has 1 atom stereocenters. The standard InChI is InChI=1S/C14H23NO2S/c1-14(2,3)6-7-15-12(13(16)17-4)9-11-5-8-18-10-11/h5,8,10,12,15H,6-7,9H2,1-4H3. The number of hydrogen-bond donors (Lipinski definition) is 1. The third-order valence-electron chi connectivity index (χ3n) is 2.77. The van der Waals surface area contributed by atoms with Gasteiger partial charge in [0.05, 0.1) is 7.11 Å². The molecule has 1 rings (SSSR count). The van der Waals surface area contributed by atoms with Gasteiger partial charge in [-0.2, -0.15) is 11.3 Å². The molecule has 0 spiro atoms. The molecule has 0 saturated heterocycles. The Labute approximate surface area is 114 Å². The van der Waals surface area contributed by atoms with Crippen LogP contribution in [0.4, 0.5) is 0 Å². The van der Waals surface area contributed by atoms with Gasteiger partial charge in [-0.25, -0.2) is 0 Å². The molecule has 0 radical (unpaired) electrons. The number of hydrogen-bond acceptors (Lipinski definition) is 4. The second kappa shape index (κ2) is 6.90. The summed E-state index contributed by atoms with van der Waals surface area (Å²) in [4.78, 5) is 11.7. The summed E-state index contributed by atoms with van der Waals surface area (Å²) in [6.07, 6.45) is 1.73. The molecule has 0 amide bonds. The summed E-state index contributed by atoms with van der Waals surface area (Å²) in [5.41, 5.74) is 1.45. The molecule has 0 aliphatic heterocycles. The zero-order chi connectivity index (χ0) is 13.6. The Morgan fingerprint density at radius 3 is 2.72 bits per heavy atom. The van der Waals surface area contributed by atoms with Gasteiger partial charge in [0.2, 0.25) is 0 Å². The van der Waals surface area contributed by atoms with Crippen molar-refractivity contribution in [2.45, 2.75) is 39.7 Å². The van der Waals surface area contributed by atoms with Gasteiger partial charge >= 0.3 is 5.97 Å². The van der Waals surface area contributed by atoms with Crippen LogP contribution in [0.25, 0.3) is 0 Å². The van der Waals surface area contributed by atoms with Crippen LogP contribution in [0.1, 0.15) is 32.8 Å². The van der Waals surface area contributed by atoms with E-state index in [-0.39, 0.29) is 17.4 Å². The fourth-order valence-corrected chi connectivity index (χ4v) is 2.33. The highest BCUT2D eigenvalue weighted by Gasteiger charge is 2.20. The number of rotatable bonds is 6. The van der Waals surface area contributed by atoms with E-state index in [1.165, 1.54) is 12.7 Å². The zero-order valence-corrected chi connectivity index (χ0v) is 12.5. The number of carbonyl (C=O) groups is 1. The molecular weight excluding hydrogens is 246 g/mol. The van der Waals surface area contributed by atoms with Gasteiger partial charge in [-0.1, -0.05) is 20.8 Å². The van der Waals surface area contributed by atoms with Crippen molar-refractivity contribution >= 4 is 17.3 Å². The summed E-state index contributed by atoms with van der Waals surface area (Å²) < 4.78 is 4.85. The highest BCUT2D eigenvalue weighted by Crippen LogP contribution is 2.17. The lowest BCUT2D eigenvalue weighted by molar-refractivity contribution is -0.143. The second-order valence-electron chi connectivity index (χ2n) is 5.68. The van der Waals surface area contributed by atoms with Crippen molar-refractivity contribution in [3.8, 4) is 0 Å². The van der Waals surface area contributed by atoms with Crippen LogP contribution >= 0.6 is 11.3 Å². The molecule has 0 bridgehead atoms. The second-order valence-corrected chi connectivity index (χ2v) is 6.46. The summed E-state index contributed by atoms with van der Waals surface area (Å²) in [5, 5.41) is 7.39. The van der Waals surface area contributed by atoms with Crippen molar-refractivity contribution in [1.29, 1.82) is 0 Å². The third kappa shape index (κ3) is 5.65. The van der Waals surface area contributed by atoms with E-state index in [4.69, 9.17) is 4.74 Å². The predicted octanol–water partition coefficient (Wildman–Crippen LogP) is 2.86. The first-order chi connectivity index (χ1) is 8.42. The maximum Gasteiger partial charge on any atom is 0.323 e. The van der Waals surface area contributed by atoms with E-state index in [1.807, 2.05) is 11.4 Å². The Morgan fingerprint density at radius 1 is 1.50 bits per heavy atom. The van der Waals surface area contributed by atoms with Crippen LogP contribution < -0.4 is 5.32 Å². The van der Waals surface area contributed by atoms with Gasteiger partial charge < -0.3 is 10.1 Å². The van der Waals surface area contributed by atoms with Gasteiger partial charge in [0.15, 0.2) is 0 Å². The maximum absolute atomic E-state index is 11.7. The van der Waals surface area contributed by atoms with Crippen molar-refractivity contribution in [2.75, 3.05) is 13.7 Å². The molecule has 3 nitrogen and oxygen atoms in total. The first-order valence-corrected chi connectivity index (χ1v) is 7.19. The molecule has 102 valence electrons. The summed E-state index contributed by atoms with van der Waals surface area (Å²) in [6.45, 7) is 7.41. The van der Waals surface area contributed by atoms with Crippen LogP contribution in [-0.2, 0) is 16.0 Å². The molecule has 0 fully saturated rings. The highest BCUT2D eigenvalue weighted by atomic mass is 32.1. The maximum atomic E-state index is 11.7. The summed E-state index contributed by atoms with van der Waals surface area (Å²) >= 11 is 1.65. The Balaban J connectivity index is 2.49. The van der Waals surface area contributed by atoms with Crippen molar-refractivity contribution in [3.63, 3.8) is 0 Å². The van der Waals surface area contributed by atoms with Gasteiger partial charge in [-0.15, -0.1) is 0 Å². The average molecular weight is 269 g/mol. The van der Waals surface area contributed by atoms with Crippen LogP contribution in [-0.4, -0.2) is 25.7 Å². The summed E-state index contributed by atoms with van der Waals surface area (Å²) in [6, 6.07) is 1.80. The van der Waals surface area contributed by atoms with Crippen molar-refractivity contribution in [1.82, 2.24) is 5.32 Å². The van der Waals surface area contributed by atoms with Gasteiger partial charge in [-0.05, 0) is 47.2 Å². The molecule has 0 aliphatic carbocycles. The third-order valence-corrected chi connectivity index (χ3v) is 3.50. The van der Waals surface area contributed by atoms with Crippen LogP contribution in [0.5, 0.6) is 0 Å². The average Bonchev–Trinajstić information content (AvgIpc) is 2.78. The van der Waals surface area contributed by atoms with Gasteiger partial charge in [-0.3, -0.25) is 4.79 Å². The van der Waals surface area contributed by atoms with E-state index in [2.05, 4.69) is 31.5 Å². The van der Waals surface area contributed by atoms with E-state index >= 15 is 0 Å². The normalized spacial score (nSPS) is 13.3. The summed E-state index contributed by atoms with van der Waals surface area (Å²) in [5.74, 6) is -0.185. The molecular formula is C14H23NO2S. The quantitative estimate of drug-likeness (QED) is 0.807. The number of methoxy groups -OCH3 is 1. The van der Waals surface area contributed by atoms with E-state index in [9.17, 15) is 4.79 Å². The van der Waals surface area contributed by atoms with E-state index in [0.29, 0.717) is 6.42 Å². The van der Waals surface area contributed by atoms with Gasteiger partial charge in [0.25, 0.3) is 0 Å². The first-order valence-electron chi connectivity index (χ1n) is 6.24. The van der Waals surface area contributed by atoms with E-state index in [0.717, 1.165) is 13.0 Å². The molecule has 1 unspecified atom stereocenters. The number of thiophene rings is 1. The zero-order valence-electron chi connectivity index (χ0n) is 11.7. The molecule has 0 aliphatic rings. The smallest absolute Gasteiger partial charge is 0.323 e. The van der Waals surface area contributed by atoms with Crippen molar-refractivity contribution in [3.05, 3.63) is 22.4 Å². The molecule has 4 heteroatoms. The number of esters is 1. The lowest BCUT2D eigenvalue weighted by Gasteiger charge is -2.21. The topological polar surface area (TPSA) is 38.3 Å². The molecule has 0 aromatic carbocycles. The van der Waals surface area contributed by atoms with E-state index in [1.54, 1.807) is 11.3 Å².